The van der Waals surface area contributed by atoms with Crippen LogP contribution in [0.3, 0.4) is 0 Å². The summed E-state index contributed by atoms with van der Waals surface area (Å²) in [7, 11) is 3.28. The quantitative estimate of drug-likeness (QED) is 0.492. The van der Waals surface area contributed by atoms with Gasteiger partial charge in [0.25, 0.3) is 0 Å². The highest BCUT2D eigenvalue weighted by Crippen LogP contribution is 2.24. The average Bonchev–Trinajstić information content (AvgIpc) is 2.78. The summed E-state index contributed by atoms with van der Waals surface area (Å²) in [6, 6.07) is 21.1. The Hall–Kier alpha value is -2.82. The molecule has 0 radical (unpaired) electrons. The number of rotatable bonds is 5. The van der Waals surface area contributed by atoms with E-state index in [1.165, 1.54) is 18.2 Å². The highest BCUT2D eigenvalue weighted by molar-refractivity contribution is 5.80. The first-order valence-electron chi connectivity index (χ1n) is 9.86. The van der Waals surface area contributed by atoms with Crippen LogP contribution in [0.5, 0.6) is 0 Å². The zero-order valence-electron chi connectivity index (χ0n) is 16.7. The van der Waals surface area contributed by atoms with E-state index >= 15 is 0 Å². The summed E-state index contributed by atoms with van der Waals surface area (Å²) in [6.45, 7) is 2.37. The molecule has 0 atom stereocenters. The molecule has 5 nitrogen and oxygen atoms in total. The number of benzene rings is 2. The Bertz CT molecular complexity index is 729. The van der Waals surface area contributed by atoms with Gasteiger partial charge in [0.2, 0.25) is 0 Å². The summed E-state index contributed by atoms with van der Waals surface area (Å²) in [4.78, 5) is 18.5. The first-order chi connectivity index (χ1) is 13.7. The standard InChI is InChI=1S/C23H29N3O2/c1-24-23(26-15-13-20(14-16-26)22(27)28-2)25-17-21(18-9-5-3-6-10-18)19-11-7-4-8-12-19/h3-12,20-21H,13-17H2,1-2H3,(H,24,25). The molecular formula is C23H29N3O2. The van der Waals surface area contributed by atoms with E-state index in [0.717, 1.165) is 38.4 Å². The van der Waals surface area contributed by atoms with Crippen molar-refractivity contribution in [3.8, 4) is 0 Å². The molecule has 2 aromatic rings. The van der Waals surface area contributed by atoms with E-state index in [0.29, 0.717) is 0 Å². The number of guanidine groups is 1. The minimum Gasteiger partial charge on any atom is -0.469 e. The van der Waals surface area contributed by atoms with Gasteiger partial charge in [0.1, 0.15) is 0 Å². The SMILES string of the molecule is CN=C(NCC(c1ccccc1)c1ccccc1)N1CCC(C(=O)OC)CC1. The summed E-state index contributed by atoms with van der Waals surface area (Å²) in [5.41, 5.74) is 2.56. The van der Waals surface area contributed by atoms with Crippen LogP contribution >= 0.6 is 0 Å². The maximum absolute atomic E-state index is 11.8. The second-order valence-electron chi connectivity index (χ2n) is 7.09. The van der Waals surface area contributed by atoms with Crippen molar-refractivity contribution in [2.45, 2.75) is 18.8 Å². The van der Waals surface area contributed by atoms with Gasteiger partial charge in [-0.25, -0.2) is 0 Å². The third-order valence-electron chi connectivity index (χ3n) is 5.41. The van der Waals surface area contributed by atoms with Crippen molar-refractivity contribution in [2.75, 3.05) is 33.8 Å². The number of esters is 1. The number of ether oxygens (including phenoxy) is 1. The van der Waals surface area contributed by atoms with Crippen molar-refractivity contribution in [1.29, 1.82) is 0 Å². The molecule has 0 aromatic heterocycles. The Labute approximate surface area is 167 Å². The van der Waals surface area contributed by atoms with Crippen molar-refractivity contribution in [3.05, 3.63) is 71.8 Å². The van der Waals surface area contributed by atoms with Gasteiger partial charge in [-0.05, 0) is 24.0 Å². The number of methoxy groups -OCH3 is 1. The first kappa shape index (κ1) is 19.9. The maximum atomic E-state index is 11.8. The Morgan fingerprint density at radius 1 is 1.07 bits per heavy atom. The molecule has 0 bridgehead atoms. The van der Waals surface area contributed by atoms with Crippen molar-refractivity contribution >= 4 is 11.9 Å². The summed E-state index contributed by atoms with van der Waals surface area (Å²) < 4.78 is 4.89. The fourth-order valence-corrected chi connectivity index (χ4v) is 3.82. The highest BCUT2D eigenvalue weighted by atomic mass is 16.5. The molecule has 0 saturated carbocycles. The molecule has 1 N–H and O–H groups in total. The van der Waals surface area contributed by atoms with Gasteiger partial charge in [0.15, 0.2) is 5.96 Å². The van der Waals surface area contributed by atoms with E-state index in [1.54, 1.807) is 0 Å². The Morgan fingerprint density at radius 2 is 1.61 bits per heavy atom. The minimum atomic E-state index is -0.101. The molecule has 28 heavy (non-hydrogen) atoms. The lowest BCUT2D eigenvalue weighted by Crippen LogP contribution is -2.47. The molecule has 1 heterocycles. The van der Waals surface area contributed by atoms with Gasteiger partial charge < -0.3 is 15.0 Å². The first-order valence-corrected chi connectivity index (χ1v) is 9.86. The van der Waals surface area contributed by atoms with Crippen LogP contribution in [-0.4, -0.2) is 50.6 Å². The molecule has 1 aliphatic rings. The Kier molecular flexibility index (Phi) is 7.06. The molecule has 5 heteroatoms. The smallest absolute Gasteiger partial charge is 0.308 e. The fourth-order valence-electron chi connectivity index (χ4n) is 3.82. The van der Waals surface area contributed by atoms with E-state index < -0.39 is 0 Å². The lowest BCUT2D eigenvalue weighted by molar-refractivity contribution is -0.146. The number of carbonyl (C=O) groups excluding carboxylic acids is 1. The molecule has 1 fully saturated rings. The van der Waals surface area contributed by atoms with E-state index in [9.17, 15) is 4.79 Å². The number of piperidine rings is 1. The Balaban J connectivity index is 1.66. The molecule has 2 aromatic carbocycles. The highest BCUT2D eigenvalue weighted by Gasteiger charge is 2.27. The van der Waals surface area contributed by atoms with Crippen LogP contribution in [0.15, 0.2) is 65.7 Å². The van der Waals surface area contributed by atoms with Gasteiger partial charge in [0, 0.05) is 32.6 Å². The zero-order valence-corrected chi connectivity index (χ0v) is 16.7. The molecule has 0 spiro atoms. The molecule has 0 amide bonds. The summed E-state index contributed by atoms with van der Waals surface area (Å²) >= 11 is 0. The van der Waals surface area contributed by atoms with E-state index in [2.05, 4.69) is 63.7 Å². The second kappa shape index (κ2) is 9.93. The van der Waals surface area contributed by atoms with Crippen molar-refractivity contribution in [3.63, 3.8) is 0 Å². The number of nitrogens with zero attached hydrogens (tertiary/aromatic N) is 2. The number of likely N-dealkylation sites (tertiary alicyclic amines) is 1. The average molecular weight is 380 g/mol. The van der Waals surface area contributed by atoms with Gasteiger partial charge in [-0.15, -0.1) is 0 Å². The molecule has 0 unspecified atom stereocenters. The van der Waals surface area contributed by atoms with Crippen LogP contribution in [-0.2, 0) is 9.53 Å². The van der Waals surface area contributed by atoms with Gasteiger partial charge >= 0.3 is 5.97 Å². The predicted octanol–water partition coefficient (Wildman–Crippen LogP) is 3.28. The number of hydrogen-bond donors (Lipinski definition) is 1. The van der Waals surface area contributed by atoms with Crippen LogP contribution < -0.4 is 5.32 Å². The van der Waals surface area contributed by atoms with Crippen molar-refractivity contribution in [1.82, 2.24) is 10.2 Å². The number of nitrogens with one attached hydrogen (secondary N) is 1. The summed E-state index contributed by atoms with van der Waals surface area (Å²) in [6.07, 6.45) is 1.60. The van der Waals surface area contributed by atoms with Crippen LogP contribution in [0.4, 0.5) is 0 Å². The topological polar surface area (TPSA) is 53.9 Å². The number of hydrogen-bond acceptors (Lipinski definition) is 3. The van der Waals surface area contributed by atoms with Crippen molar-refractivity contribution in [2.24, 2.45) is 10.9 Å². The molecule has 0 aliphatic carbocycles. The van der Waals surface area contributed by atoms with Gasteiger partial charge in [-0.2, -0.15) is 0 Å². The van der Waals surface area contributed by atoms with Crippen LogP contribution in [0, 0.1) is 5.92 Å². The normalized spacial score (nSPS) is 15.5. The third-order valence-corrected chi connectivity index (χ3v) is 5.41. The zero-order chi connectivity index (χ0) is 19.8. The lowest BCUT2D eigenvalue weighted by atomic mass is 9.91. The Morgan fingerprint density at radius 3 is 2.07 bits per heavy atom. The molecule has 1 saturated heterocycles. The molecular weight excluding hydrogens is 350 g/mol. The van der Waals surface area contributed by atoms with E-state index in [1.807, 2.05) is 19.2 Å². The number of aliphatic imine (C=N–C) groups is 1. The molecule has 3 rings (SSSR count). The van der Waals surface area contributed by atoms with E-state index in [-0.39, 0.29) is 17.8 Å². The fraction of sp³-hybridized carbons (Fsp3) is 0.391. The van der Waals surface area contributed by atoms with Crippen LogP contribution in [0.1, 0.15) is 29.9 Å². The minimum absolute atomic E-state index is 0.000687. The van der Waals surface area contributed by atoms with Gasteiger partial charge in [-0.1, -0.05) is 60.7 Å². The van der Waals surface area contributed by atoms with Crippen molar-refractivity contribution < 1.29 is 9.53 Å². The third kappa shape index (κ3) is 4.91. The molecule has 1 aliphatic heterocycles. The lowest BCUT2D eigenvalue weighted by Gasteiger charge is -2.33. The summed E-state index contributed by atoms with van der Waals surface area (Å²) in [5, 5.41) is 3.55. The van der Waals surface area contributed by atoms with Gasteiger partial charge in [-0.3, -0.25) is 9.79 Å². The second-order valence-corrected chi connectivity index (χ2v) is 7.09. The van der Waals surface area contributed by atoms with Crippen LogP contribution in [0.25, 0.3) is 0 Å². The predicted molar refractivity (Wildman–Crippen MR) is 112 cm³/mol. The van der Waals surface area contributed by atoms with Crippen LogP contribution in [0.2, 0.25) is 0 Å². The largest absolute Gasteiger partial charge is 0.469 e. The number of carbonyl (C=O) groups is 1. The van der Waals surface area contributed by atoms with E-state index in [4.69, 9.17) is 4.74 Å². The monoisotopic (exact) mass is 379 g/mol. The molecule has 148 valence electrons. The van der Waals surface area contributed by atoms with Gasteiger partial charge in [0.05, 0.1) is 13.0 Å². The summed E-state index contributed by atoms with van der Waals surface area (Å²) in [5.74, 6) is 1.03. The maximum Gasteiger partial charge on any atom is 0.308 e.